The van der Waals surface area contributed by atoms with Gasteiger partial charge in [0.05, 0.1) is 11.6 Å². The minimum atomic E-state index is -0.00577. The fourth-order valence-corrected chi connectivity index (χ4v) is 2.80. The molecule has 0 amide bonds. The van der Waals surface area contributed by atoms with Crippen LogP contribution in [0.3, 0.4) is 0 Å². The summed E-state index contributed by atoms with van der Waals surface area (Å²) in [4.78, 5) is 0. The van der Waals surface area contributed by atoms with Crippen LogP contribution in [-0.2, 0) is 4.74 Å². The molecule has 3 heteroatoms. The SMILES string of the molecule is COC1CCCC(CN)(Nc2ccc(C)cc2)C1. The van der Waals surface area contributed by atoms with Crippen LogP contribution < -0.4 is 11.1 Å². The maximum absolute atomic E-state index is 6.01. The molecular weight excluding hydrogens is 224 g/mol. The minimum absolute atomic E-state index is 0.00577. The molecule has 0 heterocycles. The molecule has 18 heavy (non-hydrogen) atoms. The Bertz CT molecular complexity index is 377. The molecule has 0 saturated heterocycles. The van der Waals surface area contributed by atoms with Crippen molar-refractivity contribution in [3.8, 4) is 0 Å². The molecule has 0 bridgehead atoms. The highest BCUT2D eigenvalue weighted by Crippen LogP contribution is 2.32. The van der Waals surface area contributed by atoms with Crippen LogP contribution in [0.4, 0.5) is 5.69 Å². The van der Waals surface area contributed by atoms with Crippen LogP contribution in [0.5, 0.6) is 0 Å². The van der Waals surface area contributed by atoms with Gasteiger partial charge in [-0.05, 0) is 44.7 Å². The smallest absolute Gasteiger partial charge is 0.0594 e. The van der Waals surface area contributed by atoms with Gasteiger partial charge in [0, 0.05) is 19.3 Å². The molecule has 1 aliphatic carbocycles. The van der Waals surface area contributed by atoms with Gasteiger partial charge in [-0.3, -0.25) is 0 Å². The molecule has 3 nitrogen and oxygen atoms in total. The van der Waals surface area contributed by atoms with Crippen LogP contribution >= 0.6 is 0 Å². The predicted octanol–water partition coefficient (Wildman–Crippen LogP) is 2.69. The Hall–Kier alpha value is -1.06. The van der Waals surface area contributed by atoms with E-state index in [4.69, 9.17) is 10.5 Å². The van der Waals surface area contributed by atoms with Crippen LogP contribution in [0.25, 0.3) is 0 Å². The lowest BCUT2D eigenvalue weighted by Crippen LogP contribution is -2.50. The summed E-state index contributed by atoms with van der Waals surface area (Å²) in [6, 6.07) is 8.51. The quantitative estimate of drug-likeness (QED) is 0.861. The largest absolute Gasteiger partial charge is 0.381 e. The number of anilines is 1. The highest BCUT2D eigenvalue weighted by molar-refractivity contribution is 5.47. The molecule has 2 atom stereocenters. The predicted molar refractivity (Wildman–Crippen MR) is 75.9 cm³/mol. The van der Waals surface area contributed by atoms with E-state index in [1.165, 1.54) is 12.0 Å². The molecule has 1 aromatic carbocycles. The van der Waals surface area contributed by atoms with Gasteiger partial charge in [-0.25, -0.2) is 0 Å². The van der Waals surface area contributed by atoms with Gasteiger partial charge in [-0.1, -0.05) is 17.7 Å². The highest BCUT2D eigenvalue weighted by Gasteiger charge is 2.35. The monoisotopic (exact) mass is 248 g/mol. The molecule has 3 N–H and O–H groups in total. The van der Waals surface area contributed by atoms with Crippen LogP contribution in [0.1, 0.15) is 31.2 Å². The molecule has 0 spiro atoms. The fraction of sp³-hybridized carbons (Fsp3) is 0.600. The van der Waals surface area contributed by atoms with Gasteiger partial charge < -0.3 is 15.8 Å². The lowest BCUT2D eigenvalue weighted by Gasteiger charge is -2.41. The average molecular weight is 248 g/mol. The number of nitrogens with one attached hydrogen (secondary N) is 1. The Kier molecular flexibility index (Phi) is 4.25. The number of benzene rings is 1. The molecule has 1 saturated carbocycles. The average Bonchev–Trinajstić information content (AvgIpc) is 2.42. The molecule has 0 aliphatic heterocycles. The van der Waals surface area contributed by atoms with E-state index in [1.807, 2.05) is 0 Å². The van der Waals surface area contributed by atoms with Gasteiger partial charge in [0.25, 0.3) is 0 Å². The van der Waals surface area contributed by atoms with Gasteiger partial charge in [-0.15, -0.1) is 0 Å². The van der Waals surface area contributed by atoms with E-state index in [0.717, 1.165) is 24.9 Å². The summed E-state index contributed by atoms with van der Waals surface area (Å²) in [5.74, 6) is 0. The van der Waals surface area contributed by atoms with E-state index in [9.17, 15) is 0 Å². The zero-order valence-corrected chi connectivity index (χ0v) is 11.4. The number of hydrogen-bond donors (Lipinski definition) is 2. The second-order valence-corrected chi connectivity index (χ2v) is 5.43. The summed E-state index contributed by atoms with van der Waals surface area (Å²) in [5, 5.41) is 3.63. The first-order chi connectivity index (χ1) is 8.67. The van der Waals surface area contributed by atoms with Crippen LogP contribution in [0.2, 0.25) is 0 Å². The summed E-state index contributed by atoms with van der Waals surface area (Å²) in [5.41, 5.74) is 8.44. The summed E-state index contributed by atoms with van der Waals surface area (Å²) in [6.07, 6.45) is 4.77. The third-order valence-corrected chi connectivity index (χ3v) is 3.98. The summed E-state index contributed by atoms with van der Waals surface area (Å²) in [7, 11) is 1.79. The molecule has 100 valence electrons. The van der Waals surface area contributed by atoms with Gasteiger partial charge in [-0.2, -0.15) is 0 Å². The molecule has 2 rings (SSSR count). The third-order valence-electron chi connectivity index (χ3n) is 3.98. The van der Waals surface area contributed by atoms with E-state index in [-0.39, 0.29) is 5.54 Å². The van der Waals surface area contributed by atoms with Crippen molar-refractivity contribution >= 4 is 5.69 Å². The van der Waals surface area contributed by atoms with Gasteiger partial charge in [0.2, 0.25) is 0 Å². The van der Waals surface area contributed by atoms with E-state index >= 15 is 0 Å². The Balaban J connectivity index is 2.09. The first-order valence-electron chi connectivity index (χ1n) is 6.75. The number of hydrogen-bond acceptors (Lipinski definition) is 3. The molecule has 1 aliphatic rings. The molecule has 1 aromatic rings. The highest BCUT2D eigenvalue weighted by atomic mass is 16.5. The molecule has 2 unspecified atom stereocenters. The van der Waals surface area contributed by atoms with Crippen molar-refractivity contribution in [1.82, 2.24) is 0 Å². The second kappa shape index (κ2) is 5.72. The van der Waals surface area contributed by atoms with Crippen molar-refractivity contribution in [1.29, 1.82) is 0 Å². The van der Waals surface area contributed by atoms with Crippen LogP contribution in [0.15, 0.2) is 24.3 Å². The Labute approximate surface area is 110 Å². The first kappa shape index (κ1) is 13.4. The minimum Gasteiger partial charge on any atom is -0.381 e. The Morgan fingerprint density at radius 2 is 2.11 bits per heavy atom. The number of methoxy groups -OCH3 is 1. The maximum Gasteiger partial charge on any atom is 0.0594 e. The number of ether oxygens (including phenoxy) is 1. The van der Waals surface area contributed by atoms with Gasteiger partial charge in [0.15, 0.2) is 0 Å². The Morgan fingerprint density at radius 3 is 2.72 bits per heavy atom. The molecule has 0 aromatic heterocycles. The van der Waals surface area contributed by atoms with E-state index in [2.05, 4.69) is 36.5 Å². The number of rotatable bonds is 4. The van der Waals surface area contributed by atoms with Crippen LogP contribution in [-0.4, -0.2) is 25.3 Å². The van der Waals surface area contributed by atoms with Crippen LogP contribution in [0, 0.1) is 6.92 Å². The number of nitrogens with two attached hydrogens (primary N) is 1. The second-order valence-electron chi connectivity index (χ2n) is 5.43. The van der Waals surface area contributed by atoms with Crippen molar-refractivity contribution in [2.24, 2.45) is 5.73 Å². The van der Waals surface area contributed by atoms with Crippen molar-refractivity contribution < 1.29 is 4.74 Å². The zero-order valence-electron chi connectivity index (χ0n) is 11.4. The summed E-state index contributed by atoms with van der Waals surface area (Å²) in [6.45, 7) is 2.75. The lowest BCUT2D eigenvalue weighted by atomic mass is 9.80. The van der Waals surface area contributed by atoms with E-state index in [1.54, 1.807) is 7.11 Å². The Morgan fingerprint density at radius 1 is 1.39 bits per heavy atom. The number of aryl methyl sites for hydroxylation is 1. The maximum atomic E-state index is 6.01. The van der Waals surface area contributed by atoms with Crippen molar-refractivity contribution in [2.75, 3.05) is 19.0 Å². The third kappa shape index (κ3) is 3.03. The molecule has 0 radical (unpaired) electrons. The zero-order chi connectivity index (χ0) is 13.0. The van der Waals surface area contributed by atoms with E-state index in [0.29, 0.717) is 12.6 Å². The standard InChI is InChI=1S/C15H24N2O/c1-12-5-7-13(8-6-12)17-15(11-16)9-3-4-14(10-15)18-2/h5-8,14,17H,3-4,9-11,16H2,1-2H3. The molecular formula is C15H24N2O. The van der Waals surface area contributed by atoms with Crippen molar-refractivity contribution in [2.45, 2.75) is 44.2 Å². The van der Waals surface area contributed by atoms with Crippen molar-refractivity contribution in [3.63, 3.8) is 0 Å². The van der Waals surface area contributed by atoms with Gasteiger partial charge >= 0.3 is 0 Å². The van der Waals surface area contributed by atoms with E-state index < -0.39 is 0 Å². The summed E-state index contributed by atoms with van der Waals surface area (Å²) >= 11 is 0. The topological polar surface area (TPSA) is 47.3 Å². The van der Waals surface area contributed by atoms with Gasteiger partial charge in [0.1, 0.15) is 0 Å². The van der Waals surface area contributed by atoms with Crippen molar-refractivity contribution in [3.05, 3.63) is 29.8 Å². The fourth-order valence-electron chi connectivity index (χ4n) is 2.80. The normalized spacial score (nSPS) is 28.1. The first-order valence-corrected chi connectivity index (χ1v) is 6.75. The molecule has 1 fully saturated rings. The lowest BCUT2D eigenvalue weighted by molar-refractivity contribution is 0.0483. The summed E-state index contributed by atoms with van der Waals surface area (Å²) < 4.78 is 5.51.